The number of aliphatic hydroxyl groups excluding tert-OH is 2. The maximum atomic E-state index is 10.1. The highest BCUT2D eigenvalue weighted by Gasteiger charge is 2.41. The SMILES string of the molecule is C=C1[C@H](O)CC(=C/C=C2\CCC[C@@H]3[C@@H](C(C)CCCC(C)(C)O)CC[C@@H]23)C[C@H]1O. The van der Waals surface area contributed by atoms with E-state index < -0.39 is 17.8 Å². The van der Waals surface area contributed by atoms with Gasteiger partial charge in [0.1, 0.15) is 0 Å². The molecule has 3 saturated carbocycles. The van der Waals surface area contributed by atoms with Crippen LogP contribution < -0.4 is 0 Å². The summed E-state index contributed by atoms with van der Waals surface area (Å²) >= 11 is 0. The molecule has 0 aromatic rings. The van der Waals surface area contributed by atoms with Crippen LogP contribution in [0.1, 0.15) is 85.0 Å². The van der Waals surface area contributed by atoms with Crippen molar-refractivity contribution in [3.05, 3.63) is 35.5 Å². The first kappa shape index (κ1) is 22.8. The van der Waals surface area contributed by atoms with E-state index in [9.17, 15) is 15.3 Å². The third-order valence-electron chi connectivity index (χ3n) is 7.84. The number of aliphatic hydroxyl groups is 3. The summed E-state index contributed by atoms with van der Waals surface area (Å²) in [6, 6.07) is 0. The number of allylic oxidation sites excluding steroid dienone is 3. The molecule has 0 bridgehead atoms. The van der Waals surface area contributed by atoms with Gasteiger partial charge in [-0.2, -0.15) is 0 Å². The van der Waals surface area contributed by atoms with Crippen molar-refractivity contribution in [2.45, 2.75) is 103 Å². The topological polar surface area (TPSA) is 60.7 Å². The predicted octanol–water partition coefficient (Wildman–Crippen LogP) is 5.31. The summed E-state index contributed by atoms with van der Waals surface area (Å²) in [6.07, 6.45) is 14.2. The van der Waals surface area contributed by atoms with Crippen LogP contribution in [-0.4, -0.2) is 33.1 Å². The fourth-order valence-corrected chi connectivity index (χ4v) is 6.11. The van der Waals surface area contributed by atoms with Crippen molar-refractivity contribution in [1.29, 1.82) is 0 Å². The predicted molar refractivity (Wildman–Crippen MR) is 119 cm³/mol. The van der Waals surface area contributed by atoms with Crippen LogP contribution in [0.4, 0.5) is 0 Å². The molecule has 0 heterocycles. The fourth-order valence-electron chi connectivity index (χ4n) is 6.11. The molecule has 0 amide bonds. The van der Waals surface area contributed by atoms with Crippen molar-refractivity contribution in [3.8, 4) is 0 Å². The molecular formula is C26H42O3. The van der Waals surface area contributed by atoms with Crippen LogP contribution in [0, 0.1) is 23.7 Å². The molecule has 3 fully saturated rings. The minimum absolute atomic E-state index is 0.543. The zero-order valence-electron chi connectivity index (χ0n) is 18.7. The molecule has 3 rings (SSSR count). The lowest BCUT2D eigenvalue weighted by Crippen LogP contribution is -2.28. The first-order chi connectivity index (χ1) is 13.7. The summed E-state index contributed by atoms with van der Waals surface area (Å²) < 4.78 is 0. The second kappa shape index (κ2) is 9.49. The Hall–Kier alpha value is -0.900. The lowest BCUT2D eigenvalue weighted by molar-refractivity contribution is 0.0651. The first-order valence-corrected chi connectivity index (χ1v) is 11.8. The van der Waals surface area contributed by atoms with Crippen LogP contribution in [0.2, 0.25) is 0 Å². The van der Waals surface area contributed by atoms with E-state index in [4.69, 9.17) is 0 Å². The molecule has 6 atom stereocenters. The van der Waals surface area contributed by atoms with Gasteiger partial charge in [0.15, 0.2) is 0 Å². The molecule has 0 spiro atoms. The minimum atomic E-state index is -0.608. The average molecular weight is 403 g/mol. The second-order valence-electron chi connectivity index (χ2n) is 10.7. The highest BCUT2D eigenvalue weighted by Crippen LogP contribution is 2.51. The normalized spacial score (nSPS) is 35.7. The van der Waals surface area contributed by atoms with Crippen molar-refractivity contribution >= 4 is 0 Å². The van der Waals surface area contributed by atoms with E-state index in [-0.39, 0.29) is 0 Å². The molecule has 164 valence electrons. The highest BCUT2D eigenvalue weighted by atomic mass is 16.3. The van der Waals surface area contributed by atoms with Crippen LogP contribution in [-0.2, 0) is 0 Å². The first-order valence-electron chi connectivity index (χ1n) is 11.8. The monoisotopic (exact) mass is 402 g/mol. The van der Waals surface area contributed by atoms with Crippen molar-refractivity contribution in [3.63, 3.8) is 0 Å². The maximum Gasteiger partial charge on any atom is 0.0809 e. The van der Waals surface area contributed by atoms with Gasteiger partial charge in [-0.25, -0.2) is 0 Å². The number of fused-ring (bicyclic) bond motifs is 1. The van der Waals surface area contributed by atoms with Crippen molar-refractivity contribution in [2.24, 2.45) is 23.7 Å². The van der Waals surface area contributed by atoms with Gasteiger partial charge in [0, 0.05) is 0 Å². The van der Waals surface area contributed by atoms with Gasteiger partial charge in [-0.05, 0) is 94.5 Å². The Kier molecular flexibility index (Phi) is 7.46. The summed E-state index contributed by atoms with van der Waals surface area (Å²) in [6.45, 7) is 10.1. The molecule has 0 aromatic carbocycles. The van der Waals surface area contributed by atoms with Crippen molar-refractivity contribution in [2.75, 3.05) is 0 Å². The van der Waals surface area contributed by atoms with E-state index in [1.165, 1.54) is 38.5 Å². The Bertz CT molecular complexity index is 623. The van der Waals surface area contributed by atoms with Crippen molar-refractivity contribution < 1.29 is 15.3 Å². The quantitative estimate of drug-likeness (QED) is 0.527. The third kappa shape index (κ3) is 5.83. The average Bonchev–Trinajstić information content (AvgIpc) is 3.08. The van der Waals surface area contributed by atoms with E-state index in [2.05, 4.69) is 25.7 Å². The Morgan fingerprint density at radius 1 is 1.10 bits per heavy atom. The fraction of sp³-hybridized carbons (Fsp3) is 0.769. The molecule has 3 N–H and O–H groups in total. The molecule has 3 aliphatic carbocycles. The van der Waals surface area contributed by atoms with Gasteiger partial charge in [0.05, 0.1) is 17.8 Å². The van der Waals surface area contributed by atoms with Gasteiger partial charge >= 0.3 is 0 Å². The summed E-state index contributed by atoms with van der Waals surface area (Å²) in [5, 5.41) is 30.2. The molecular weight excluding hydrogens is 360 g/mol. The molecule has 3 nitrogen and oxygen atoms in total. The van der Waals surface area contributed by atoms with Crippen molar-refractivity contribution in [1.82, 2.24) is 0 Å². The highest BCUT2D eigenvalue weighted by molar-refractivity contribution is 5.28. The third-order valence-corrected chi connectivity index (χ3v) is 7.84. The number of hydrogen-bond acceptors (Lipinski definition) is 3. The summed E-state index contributed by atoms with van der Waals surface area (Å²) in [7, 11) is 0. The minimum Gasteiger partial charge on any atom is -0.390 e. The van der Waals surface area contributed by atoms with Gasteiger partial charge in [0.25, 0.3) is 0 Å². The Morgan fingerprint density at radius 2 is 1.79 bits per heavy atom. The van der Waals surface area contributed by atoms with Gasteiger partial charge in [0.2, 0.25) is 0 Å². The largest absolute Gasteiger partial charge is 0.390 e. The summed E-state index contributed by atoms with van der Waals surface area (Å²) in [5.74, 6) is 3.09. The Labute approximate surface area is 177 Å². The molecule has 0 aliphatic heterocycles. The lowest BCUT2D eigenvalue weighted by atomic mass is 9.71. The van der Waals surface area contributed by atoms with Crippen LogP contribution in [0.15, 0.2) is 35.5 Å². The van der Waals surface area contributed by atoms with E-state index in [0.717, 1.165) is 42.1 Å². The summed E-state index contributed by atoms with van der Waals surface area (Å²) in [5.41, 5.74) is 2.75. The van der Waals surface area contributed by atoms with Gasteiger partial charge in [-0.1, -0.05) is 49.6 Å². The molecule has 0 aromatic heterocycles. The molecule has 3 heteroatoms. The second-order valence-corrected chi connectivity index (χ2v) is 10.7. The van der Waals surface area contributed by atoms with Crippen LogP contribution in [0.3, 0.4) is 0 Å². The molecule has 3 aliphatic rings. The summed E-state index contributed by atoms with van der Waals surface area (Å²) in [4.78, 5) is 0. The Balaban J connectivity index is 1.61. The van der Waals surface area contributed by atoms with E-state index >= 15 is 0 Å². The zero-order valence-corrected chi connectivity index (χ0v) is 18.7. The van der Waals surface area contributed by atoms with E-state index in [1.54, 1.807) is 5.57 Å². The van der Waals surface area contributed by atoms with Gasteiger partial charge in [-0.3, -0.25) is 0 Å². The molecule has 0 saturated heterocycles. The maximum absolute atomic E-state index is 10.1. The standard InChI is InChI=1S/C26H42O3/c1-17(7-6-14-26(3,4)29)21-12-13-22-20(8-5-9-23(21)22)11-10-19-15-24(27)18(2)25(28)16-19/h10-11,17,21-25,27-29H,2,5-9,12-16H2,1,3-4H3/b20-11+/t17?,21-,22+,23-,24-,25-/m1/s1. The van der Waals surface area contributed by atoms with E-state index in [1.807, 2.05) is 13.8 Å². The number of hydrogen-bond donors (Lipinski definition) is 3. The molecule has 1 unspecified atom stereocenters. The lowest BCUT2D eigenvalue weighted by Gasteiger charge is -2.34. The molecule has 29 heavy (non-hydrogen) atoms. The molecule has 0 radical (unpaired) electrons. The van der Waals surface area contributed by atoms with Gasteiger partial charge in [-0.15, -0.1) is 0 Å². The smallest absolute Gasteiger partial charge is 0.0809 e. The number of rotatable bonds is 6. The van der Waals surface area contributed by atoms with Gasteiger partial charge < -0.3 is 15.3 Å². The van der Waals surface area contributed by atoms with Crippen LogP contribution >= 0.6 is 0 Å². The van der Waals surface area contributed by atoms with E-state index in [0.29, 0.717) is 18.4 Å². The zero-order chi connectivity index (χ0) is 21.2. The Morgan fingerprint density at radius 3 is 2.45 bits per heavy atom. The van der Waals surface area contributed by atoms with Crippen LogP contribution in [0.25, 0.3) is 0 Å². The van der Waals surface area contributed by atoms with Crippen LogP contribution in [0.5, 0.6) is 0 Å².